The van der Waals surface area contributed by atoms with Gasteiger partial charge in [-0.2, -0.15) is 0 Å². The van der Waals surface area contributed by atoms with Gasteiger partial charge in [0, 0.05) is 17.6 Å². The van der Waals surface area contributed by atoms with E-state index < -0.39 is 18.3 Å². The number of methoxy groups -OCH3 is 1. The smallest absolute Gasteiger partial charge is 0.492 e. The van der Waals surface area contributed by atoms with Crippen molar-refractivity contribution in [2.75, 3.05) is 20.3 Å². The van der Waals surface area contributed by atoms with Gasteiger partial charge in [0.15, 0.2) is 0 Å². The van der Waals surface area contributed by atoms with Crippen LogP contribution in [0.1, 0.15) is 27.7 Å². The molecule has 0 aromatic heterocycles. The molecule has 0 bridgehead atoms. The zero-order chi connectivity index (χ0) is 15.7. The molecule has 1 aliphatic heterocycles. The maximum atomic E-state index is 6.11. The molecule has 0 atom stereocenters. The van der Waals surface area contributed by atoms with Crippen LogP contribution in [0.15, 0.2) is 18.2 Å². The van der Waals surface area contributed by atoms with Gasteiger partial charge in [0.05, 0.1) is 17.8 Å². The van der Waals surface area contributed by atoms with E-state index in [1.807, 2.05) is 39.8 Å². The molecular formula is C15H22BClO4. The van der Waals surface area contributed by atoms with Gasteiger partial charge in [-0.15, -0.1) is 0 Å². The summed E-state index contributed by atoms with van der Waals surface area (Å²) >= 11 is 6.11. The molecule has 6 heteroatoms. The second kappa shape index (κ2) is 6.17. The molecular weight excluding hydrogens is 290 g/mol. The van der Waals surface area contributed by atoms with Crippen molar-refractivity contribution in [3.8, 4) is 5.75 Å². The van der Waals surface area contributed by atoms with E-state index in [-0.39, 0.29) is 0 Å². The summed E-state index contributed by atoms with van der Waals surface area (Å²) in [5.74, 6) is 0.704. The van der Waals surface area contributed by atoms with Crippen LogP contribution in [0.2, 0.25) is 5.02 Å². The maximum Gasteiger partial charge on any atom is 0.498 e. The van der Waals surface area contributed by atoms with E-state index in [2.05, 4.69) is 0 Å². The molecule has 0 N–H and O–H groups in total. The van der Waals surface area contributed by atoms with Crippen LogP contribution < -0.4 is 10.2 Å². The van der Waals surface area contributed by atoms with E-state index in [1.165, 1.54) is 0 Å². The van der Waals surface area contributed by atoms with Gasteiger partial charge in [0.25, 0.3) is 0 Å². The summed E-state index contributed by atoms with van der Waals surface area (Å²) in [6.07, 6.45) is 0. The minimum Gasteiger partial charge on any atom is -0.492 e. The zero-order valence-corrected chi connectivity index (χ0v) is 14.0. The second-order valence-electron chi connectivity index (χ2n) is 6.11. The molecule has 1 aromatic rings. The Balaban J connectivity index is 2.25. The minimum absolute atomic E-state index is 0.399. The molecule has 1 heterocycles. The lowest BCUT2D eigenvalue weighted by atomic mass is 9.78. The van der Waals surface area contributed by atoms with Crippen LogP contribution in [-0.4, -0.2) is 38.6 Å². The first-order valence-corrected chi connectivity index (χ1v) is 7.41. The normalized spacial score (nSPS) is 19.8. The first-order chi connectivity index (χ1) is 9.77. The Kier molecular flexibility index (Phi) is 4.88. The average molecular weight is 313 g/mol. The lowest BCUT2D eigenvalue weighted by Crippen LogP contribution is -2.41. The van der Waals surface area contributed by atoms with Crippen LogP contribution in [0.25, 0.3) is 0 Å². The Morgan fingerprint density at radius 2 is 1.71 bits per heavy atom. The lowest BCUT2D eigenvalue weighted by Gasteiger charge is -2.32. The highest BCUT2D eigenvalue weighted by molar-refractivity contribution is 6.63. The van der Waals surface area contributed by atoms with Crippen molar-refractivity contribution in [1.82, 2.24) is 0 Å². The molecule has 0 radical (unpaired) electrons. The molecule has 0 spiro atoms. The number of halogens is 1. The molecule has 4 nitrogen and oxygen atoms in total. The second-order valence-corrected chi connectivity index (χ2v) is 6.55. The highest BCUT2D eigenvalue weighted by Crippen LogP contribution is 2.37. The number of benzene rings is 1. The summed E-state index contributed by atoms with van der Waals surface area (Å²) in [5.41, 5.74) is 0.00496. The Morgan fingerprint density at radius 3 is 2.29 bits per heavy atom. The number of hydrogen-bond acceptors (Lipinski definition) is 4. The van der Waals surface area contributed by atoms with Crippen molar-refractivity contribution in [2.45, 2.75) is 38.9 Å². The summed E-state index contributed by atoms with van der Waals surface area (Å²) in [6, 6.07) is 5.45. The number of rotatable bonds is 5. The summed E-state index contributed by atoms with van der Waals surface area (Å²) in [7, 11) is 1.15. The molecule has 0 saturated carbocycles. The van der Waals surface area contributed by atoms with Gasteiger partial charge in [-0.05, 0) is 45.9 Å². The largest absolute Gasteiger partial charge is 0.498 e. The van der Waals surface area contributed by atoms with Crippen molar-refractivity contribution in [3.05, 3.63) is 23.2 Å². The van der Waals surface area contributed by atoms with Crippen LogP contribution in [0.4, 0.5) is 0 Å². The van der Waals surface area contributed by atoms with E-state index in [9.17, 15) is 0 Å². The third kappa shape index (κ3) is 3.54. The monoisotopic (exact) mass is 312 g/mol. The van der Waals surface area contributed by atoms with E-state index >= 15 is 0 Å². The van der Waals surface area contributed by atoms with Gasteiger partial charge >= 0.3 is 7.12 Å². The van der Waals surface area contributed by atoms with Crippen LogP contribution >= 0.6 is 11.6 Å². The zero-order valence-electron chi connectivity index (χ0n) is 13.2. The Labute approximate surface area is 131 Å². The van der Waals surface area contributed by atoms with Crippen molar-refractivity contribution in [3.63, 3.8) is 0 Å². The summed E-state index contributed by atoms with van der Waals surface area (Å²) < 4.78 is 22.9. The number of ether oxygens (including phenoxy) is 2. The lowest BCUT2D eigenvalue weighted by molar-refractivity contribution is 0.00578. The van der Waals surface area contributed by atoms with Gasteiger partial charge in [0.2, 0.25) is 0 Å². The fraction of sp³-hybridized carbons (Fsp3) is 0.600. The van der Waals surface area contributed by atoms with Crippen molar-refractivity contribution in [2.24, 2.45) is 0 Å². The summed E-state index contributed by atoms with van der Waals surface area (Å²) in [5, 5.41) is 0.624. The third-order valence-electron chi connectivity index (χ3n) is 4.02. The van der Waals surface area contributed by atoms with Gasteiger partial charge in [-0.3, -0.25) is 0 Å². The third-order valence-corrected chi connectivity index (χ3v) is 4.26. The first-order valence-electron chi connectivity index (χ1n) is 7.04. The van der Waals surface area contributed by atoms with Crippen LogP contribution in [0, 0.1) is 0 Å². The van der Waals surface area contributed by atoms with E-state index in [4.69, 9.17) is 30.4 Å². The quantitative estimate of drug-likeness (QED) is 0.619. The topological polar surface area (TPSA) is 36.9 Å². The maximum absolute atomic E-state index is 6.11. The van der Waals surface area contributed by atoms with E-state index in [0.717, 1.165) is 5.46 Å². The standard InChI is InChI=1S/C15H22BClO4/c1-14(2)15(3,4)21-16(20-14)12-10-11(17)6-7-13(12)19-9-8-18-5/h6-7,10H,8-9H2,1-5H3. The first kappa shape index (κ1) is 16.6. The number of hydrogen-bond donors (Lipinski definition) is 0. The van der Waals surface area contributed by atoms with Gasteiger partial charge in [0.1, 0.15) is 12.4 Å². The fourth-order valence-electron chi connectivity index (χ4n) is 2.04. The molecule has 0 unspecified atom stereocenters. The molecule has 2 rings (SSSR count). The van der Waals surface area contributed by atoms with Crippen LogP contribution in [-0.2, 0) is 14.0 Å². The predicted octanol–water partition coefficient (Wildman–Crippen LogP) is 2.66. The van der Waals surface area contributed by atoms with Gasteiger partial charge in [-0.1, -0.05) is 11.6 Å². The Bertz CT molecular complexity index is 488. The highest BCUT2D eigenvalue weighted by Gasteiger charge is 2.52. The molecule has 1 fully saturated rings. The van der Waals surface area contributed by atoms with Crippen molar-refractivity contribution < 1.29 is 18.8 Å². The minimum atomic E-state index is -0.494. The van der Waals surface area contributed by atoms with Crippen molar-refractivity contribution >= 4 is 24.2 Å². The summed E-state index contributed by atoms with van der Waals surface area (Å²) in [4.78, 5) is 0. The molecule has 116 valence electrons. The predicted molar refractivity (Wildman–Crippen MR) is 84.5 cm³/mol. The molecule has 21 heavy (non-hydrogen) atoms. The Morgan fingerprint density at radius 1 is 1.10 bits per heavy atom. The summed E-state index contributed by atoms with van der Waals surface area (Å²) in [6.45, 7) is 9.05. The molecule has 1 aromatic carbocycles. The molecule has 1 aliphatic rings. The fourth-order valence-corrected chi connectivity index (χ4v) is 2.22. The SMILES string of the molecule is COCCOc1ccc(Cl)cc1B1OC(C)(C)C(C)(C)O1. The van der Waals surface area contributed by atoms with E-state index in [0.29, 0.717) is 24.0 Å². The van der Waals surface area contributed by atoms with E-state index in [1.54, 1.807) is 13.2 Å². The molecule has 1 saturated heterocycles. The molecule has 0 amide bonds. The Hall–Kier alpha value is -0.745. The van der Waals surface area contributed by atoms with Crippen LogP contribution in [0.5, 0.6) is 5.75 Å². The van der Waals surface area contributed by atoms with Gasteiger partial charge in [-0.25, -0.2) is 0 Å². The highest BCUT2D eigenvalue weighted by atomic mass is 35.5. The molecule has 0 aliphatic carbocycles. The van der Waals surface area contributed by atoms with Crippen LogP contribution in [0.3, 0.4) is 0 Å². The average Bonchev–Trinajstić information content (AvgIpc) is 2.60. The van der Waals surface area contributed by atoms with Gasteiger partial charge < -0.3 is 18.8 Å². The van der Waals surface area contributed by atoms with Crippen molar-refractivity contribution in [1.29, 1.82) is 0 Å².